The molecule has 11 heavy (non-hydrogen) atoms. The second-order valence-corrected chi connectivity index (χ2v) is 2.86. The molecule has 0 N–H and O–H groups in total. The Kier molecular flexibility index (Phi) is 4.28. The van der Waals surface area contributed by atoms with E-state index in [1.165, 1.54) is 5.57 Å². The van der Waals surface area contributed by atoms with Crippen LogP contribution < -0.4 is 0 Å². The lowest BCUT2D eigenvalue weighted by Gasteiger charge is -1.99. The number of hydrogen-bond acceptors (Lipinski definition) is 0. The van der Waals surface area contributed by atoms with Crippen molar-refractivity contribution in [3.05, 3.63) is 48.1 Å². The molecule has 0 bridgehead atoms. The van der Waals surface area contributed by atoms with Crippen LogP contribution in [0.4, 0.5) is 0 Å². The molecule has 0 nitrogen and oxygen atoms in total. The maximum Gasteiger partial charge on any atom is -0.0234 e. The van der Waals surface area contributed by atoms with E-state index in [1.54, 1.807) is 6.08 Å². The molecule has 0 atom stereocenters. The van der Waals surface area contributed by atoms with Crippen LogP contribution in [-0.2, 0) is 0 Å². The van der Waals surface area contributed by atoms with Gasteiger partial charge in [-0.1, -0.05) is 42.5 Å². The van der Waals surface area contributed by atoms with Crippen molar-refractivity contribution >= 4 is 0 Å². The third kappa shape index (κ3) is 4.38. The maximum atomic E-state index is 3.87. The van der Waals surface area contributed by atoms with E-state index in [0.29, 0.717) is 0 Å². The zero-order valence-electron chi connectivity index (χ0n) is 7.65. The summed E-state index contributed by atoms with van der Waals surface area (Å²) in [7, 11) is 0. The van der Waals surface area contributed by atoms with E-state index in [0.717, 1.165) is 11.1 Å². The third-order valence-corrected chi connectivity index (χ3v) is 1.23. The van der Waals surface area contributed by atoms with E-state index >= 15 is 0 Å². The summed E-state index contributed by atoms with van der Waals surface area (Å²) in [5, 5.41) is 0. The van der Waals surface area contributed by atoms with E-state index in [2.05, 4.69) is 33.1 Å². The molecular weight excluding hydrogens is 132 g/mol. The van der Waals surface area contributed by atoms with E-state index in [9.17, 15) is 0 Å². The van der Waals surface area contributed by atoms with Crippen molar-refractivity contribution in [3.63, 3.8) is 0 Å². The number of rotatable bonds is 3. The third-order valence-electron chi connectivity index (χ3n) is 1.23. The number of allylic oxidation sites excluding steroid dienone is 6. The Morgan fingerprint density at radius 2 is 1.73 bits per heavy atom. The fourth-order valence-electron chi connectivity index (χ4n) is 0.752. The van der Waals surface area contributed by atoms with Crippen molar-refractivity contribution < 1.29 is 0 Å². The molecule has 0 saturated heterocycles. The van der Waals surface area contributed by atoms with Crippen LogP contribution in [0.2, 0.25) is 0 Å². The van der Waals surface area contributed by atoms with Gasteiger partial charge in [-0.25, -0.2) is 0 Å². The monoisotopic (exact) mass is 148 g/mol. The zero-order chi connectivity index (χ0) is 8.85. The van der Waals surface area contributed by atoms with Gasteiger partial charge in [-0.2, -0.15) is 0 Å². The lowest BCUT2D eigenvalue weighted by Crippen LogP contribution is -1.79. The lowest BCUT2D eigenvalue weighted by molar-refractivity contribution is 1.34. The fourth-order valence-corrected chi connectivity index (χ4v) is 0.752. The van der Waals surface area contributed by atoms with Crippen LogP contribution in [0.3, 0.4) is 0 Å². The summed E-state index contributed by atoms with van der Waals surface area (Å²) in [4.78, 5) is 0. The van der Waals surface area contributed by atoms with Gasteiger partial charge < -0.3 is 0 Å². The Hall–Kier alpha value is -1.04. The predicted octanol–water partition coefficient (Wildman–Crippen LogP) is 3.64. The van der Waals surface area contributed by atoms with E-state index < -0.39 is 0 Å². The highest BCUT2D eigenvalue weighted by atomic mass is 14.0. The van der Waals surface area contributed by atoms with Crippen molar-refractivity contribution in [2.75, 3.05) is 0 Å². The van der Waals surface area contributed by atoms with Crippen molar-refractivity contribution in [2.45, 2.75) is 20.8 Å². The highest BCUT2D eigenvalue weighted by molar-refractivity contribution is 5.39. The van der Waals surface area contributed by atoms with Gasteiger partial charge in [-0.05, 0) is 26.3 Å². The Bertz CT molecular complexity index is 210. The first kappa shape index (κ1) is 9.96. The Morgan fingerprint density at radius 3 is 2.00 bits per heavy atom. The summed E-state index contributed by atoms with van der Waals surface area (Å²) in [5.74, 6) is 0. The molecule has 0 radical (unpaired) electrons. The van der Waals surface area contributed by atoms with Crippen molar-refractivity contribution in [1.29, 1.82) is 0 Å². The van der Waals surface area contributed by atoms with E-state index in [1.807, 2.05) is 13.0 Å². The molecule has 0 fully saturated rings. The van der Waals surface area contributed by atoms with Gasteiger partial charge in [-0.15, -0.1) is 0 Å². The summed E-state index contributed by atoms with van der Waals surface area (Å²) >= 11 is 0. The van der Waals surface area contributed by atoms with E-state index in [4.69, 9.17) is 0 Å². The summed E-state index contributed by atoms with van der Waals surface area (Å²) in [6.45, 7) is 13.6. The van der Waals surface area contributed by atoms with Gasteiger partial charge >= 0.3 is 0 Å². The van der Waals surface area contributed by atoms with Crippen LogP contribution in [0.5, 0.6) is 0 Å². The summed E-state index contributed by atoms with van der Waals surface area (Å²) in [6.07, 6.45) is 5.85. The fraction of sp³-hybridized carbons (Fsp3) is 0.273. The van der Waals surface area contributed by atoms with Gasteiger partial charge in [0, 0.05) is 0 Å². The van der Waals surface area contributed by atoms with Gasteiger partial charge in [0.1, 0.15) is 0 Å². The summed E-state index contributed by atoms with van der Waals surface area (Å²) < 4.78 is 0. The SMILES string of the molecule is C=C/C=C(\C=C(C)C)C(=C)C. The highest BCUT2D eigenvalue weighted by Crippen LogP contribution is 2.10. The molecule has 0 amide bonds. The van der Waals surface area contributed by atoms with Gasteiger partial charge in [0.2, 0.25) is 0 Å². The first-order chi connectivity index (χ1) is 5.07. The number of hydrogen-bond donors (Lipinski definition) is 0. The Morgan fingerprint density at radius 1 is 1.18 bits per heavy atom. The average molecular weight is 148 g/mol. The van der Waals surface area contributed by atoms with Crippen LogP contribution >= 0.6 is 0 Å². The van der Waals surface area contributed by atoms with Crippen LogP contribution in [-0.4, -0.2) is 0 Å². The van der Waals surface area contributed by atoms with Crippen molar-refractivity contribution in [2.24, 2.45) is 0 Å². The molecule has 60 valence electrons. The predicted molar refractivity (Wildman–Crippen MR) is 52.5 cm³/mol. The zero-order valence-corrected chi connectivity index (χ0v) is 7.65. The molecule has 0 aromatic heterocycles. The van der Waals surface area contributed by atoms with Crippen LogP contribution in [0.1, 0.15) is 20.8 Å². The largest absolute Gasteiger partial charge is 0.0990 e. The molecule has 0 heterocycles. The molecule has 0 aliphatic heterocycles. The van der Waals surface area contributed by atoms with E-state index in [-0.39, 0.29) is 0 Å². The molecule has 0 aliphatic carbocycles. The van der Waals surface area contributed by atoms with Crippen molar-refractivity contribution in [1.82, 2.24) is 0 Å². The topological polar surface area (TPSA) is 0 Å². The van der Waals surface area contributed by atoms with Crippen molar-refractivity contribution in [3.8, 4) is 0 Å². The minimum absolute atomic E-state index is 1.08. The van der Waals surface area contributed by atoms with Crippen LogP contribution in [0, 0.1) is 0 Å². The smallest absolute Gasteiger partial charge is 0.0234 e. The second kappa shape index (κ2) is 4.73. The molecule has 0 aromatic rings. The quantitative estimate of drug-likeness (QED) is 0.536. The normalized spacial score (nSPS) is 10.6. The Balaban J connectivity index is 4.63. The van der Waals surface area contributed by atoms with Crippen LogP contribution in [0.15, 0.2) is 48.1 Å². The molecule has 0 aliphatic rings. The first-order valence-electron chi connectivity index (χ1n) is 3.71. The summed E-state index contributed by atoms with van der Waals surface area (Å²) in [5.41, 5.74) is 3.51. The minimum Gasteiger partial charge on any atom is -0.0990 e. The molecule has 0 rings (SSSR count). The first-order valence-corrected chi connectivity index (χ1v) is 3.71. The molecule has 0 unspecified atom stereocenters. The molecule has 0 heteroatoms. The lowest BCUT2D eigenvalue weighted by atomic mass is 10.1. The molecule has 0 spiro atoms. The minimum atomic E-state index is 1.08. The van der Waals surface area contributed by atoms with Gasteiger partial charge in [0.25, 0.3) is 0 Å². The molecular formula is C11H16. The molecule has 0 saturated carbocycles. The standard InChI is InChI=1S/C11H16/c1-6-7-11(10(4)5)8-9(2)3/h6-8H,1,4H2,2-3,5H3/b11-7+. The van der Waals surface area contributed by atoms with Crippen LogP contribution in [0.25, 0.3) is 0 Å². The molecule has 0 aromatic carbocycles. The highest BCUT2D eigenvalue weighted by Gasteiger charge is 1.90. The van der Waals surface area contributed by atoms with Gasteiger partial charge in [-0.3, -0.25) is 0 Å². The van der Waals surface area contributed by atoms with Gasteiger partial charge in [0.15, 0.2) is 0 Å². The average Bonchev–Trinajstić information content (AvgIpc) is 1.86. The summed E-state index contributed by atoms with van der Waals surface area (Å²) in [6, 6.07) is 0. The Labute approximate surface area is 69.6 Å². The maximum absolute atomic E-state index is 3.87. The van der Waals surface area contributed by atoms with Gasteiger partial charge in [0.05, 0.1) is 0 Å². The second-order valence-electron chi connectivity index (χ2n) is 2.86.